The normalized spacial score (nSPS) is 18.3. The summed E-state index contributed by atoms with van der Waals surface area (Å²) in [5, 5.41) is 0. The molecule has 5 nitrogen and oxygen atoms in total. The Morgan fingerprint density at radius 3 is 3.12 bits per heavy atom. The first-order chi connectivity index (χ1) is 12.7. The van der Waals surface area contributed by atoms with Crippen LogP contribution in [0.3, 0.4) is 0 Å². The fourth-order valence-electron chi connectivity index (χ4n) is 3.79. The molecule has 2 aromatic heterocycles. The van der Waals surface area contributed by atoms with E-state index in [4.69, 9.17) is 4.74 Å². The number of hydrogen-bond acceptors (Lipinski definition) is 4. The fourth-order valence-corrected chi connectivity index (χ4v) is 3.79. The molecule has 1 atom stereocenters. The average Bonchev–Trinajstić information content (AvgIpc) is 3.03. The lowest BCUT2D eigenvalue weighted by atomic mass is 9.94. The second-order valence-corrected chi connectivity index (χ2v) is 7.03. The molecule has 1 unspecified atom stereocenters. The van der Waals surface area contributed by atoms with Crippen LogP contribution in [0.25, 0.3) is 11.0 Å². The molecule has 1 aromatic carbocycles. The number of ether oxygens (including phenoxy) is 1. The molecule has 1 aliphatic rings. The lowest BCUT2D eigenvalue weighted by Crippen LogP contribution is -2.35. The van der Waals surface area contributed by atoms with Gasteiger partial charge >= 0.3 is 0 Å². The topological polar surface area (TPSA) is 54.0 Å². The summed E-state index contributed by atoms with van der Waals surface area (Å²) in [5.74, 6) is 2.06. The molecule has 6 heteroatoms. The summed E-state index contributed by atoms with van der Waals surface area (Å²) in [7, 11) is 1.66. The zero-order valence-electron chi connectivity index (χ0n) is 14.9. The SMILES string of the molecule is COc1cncc(CN2CCCC(Cc3nc4ccc(F)cc4[nH]3)C2)c1. The summed E-state index contributed by atoms with van der Waals surface area (Å²) in [6.07, 6.45) is 6.89. The predicted molar refractivity (Wildman–Crippen MR) is 98.5 cm³/mol. The summed E-state index contributed by atoms with van der Waals surface area (Å²) in [5.41, 5.74) is 2.77. The molecule has 3 heterocycles. The Bertz CT molecular complexity index is 894. The molecular weight excluding hydrogens is 331 g/mol. The molecule has 1 fully saturated rings. The van der Waals surface area contributed by atoms with Crippen LogP contribution in [0.15, 0.2) is 36.7 Å². The van der Waals surface area contributed by atoms with Gasteiger partial charge in [-0.1, -0.05) is 0 Å². The number of imidazole rings is 1. The fraction of sp³-hybridized carbons (Fsp3) is 0.400. The molecule has 26 heavy (non-hydrogen) atoms. The summed E-state index contributed by atoms with van der Waals surface area (Å²) < 4.78 is 18.6. The number of nitrogens with one attached hydrogen (secondary N) is 1. The third-order valence-electron chi connectivity index (χ3n) is 4.99. The van der Waals surface area contributed by atoms with Crippen molar-refractivity contribution in [2.75, 3.05) is 20.2 Å². The Hall–Kier alpha value is -2.47. The van der Waals surface area contributed by atoms with E-state index in [0.717, 1.165) is 48.7 Å². The maximum Gasteiger partial charge on any atom is 0.137 e. The molecular formula is C20H23FN4O. The Balaban J connectivity index is 1.41. The van der Waals surface area contributed by atoms with E-state index in [9.17, 15) is 4.39 Å². The quantitative estimate of drug-likeness (QED) is 0.761. The zero-order valence-corrected chi connectivity index (χ0v) is 14.9. The van der Waals surface area contributed by atoms with Gasteiger partial charge in [0, 0.05) is 25.7 Å². The first kappa shape index (κ1) is 17.0. The highest BCUT2D eigenvalue weighted by atomic mass is 19.1. The van der Waals surface area contributed by atoms with Gasteiger partial charge in [-0.3, -0.25) is 9.88 Å². The number of pyridine rings is 1. The van der Waals surface area contributed by atoms with E-state index in [0.29, 0.717) is 5.92 Å². The van der Waals surface area contributed by atoms with E-state index < -0.39 is 0 Å². The van der Waals surface area contributed by atoms with Crippen molar-refractivity contribution in [2.24, 2.45) is 5.92 Å². The number of rotatable bonds is 5. The number of methoxy groups -OCH3 is 1. The number of likely N-dealkylation sites (tertiary alicyclic amines) is 1. The van der Waals surface area contributed by atoms with Crippen LogP contribution in [-0.4, -0.2) is 40.1 Å². The maximum absolute atomic E-state index is 13.3. The number of H-pyrrole nitrogens is 1. The Kier molecular flexibility index (Phi) is 4.84. The third-order valence-corrected chi connectivity index (χ3v) is 4.99. The molecule has 1 saturated heterocycles. The molecule has 0 saturated carbocycles. The van der Waals surface area contributed by atoms with E-state index in [-0.39, 0.29) is 5.82 Å². The van der Waals surface area contributed by atoms with Crippen molar-refractivity contribution in [3.63, 3.8) is 0 Å². The average molecular weight is 354 g/mol. The van der Waals surface area contributed by atoms with Gasteiger partial charge in [-0.2, -0.15) is 0 Å². The van der Waals surface area contributed by atoms with Crippen molar-refractivity contribution in [3.05, 3.63) is 53.9 Å². The number of aromatic nitrogens is 3. The van der Waals surface area contributed by atoms with Crippen LogP contribution in [0, 0.1) is 11.7 Å². The molecule has 0 spiro atoms. The molecule has 0 radical (unpaired) electrons. The van der Waals surface area contributed by atoms with Crippen LogP contribution in [0.1, 0.15) is 24.2 Å². The summed E-state index contributed by atoms with van der Waals surface area (Å²) in [6, 6.07) is 6.74. The second-order valence-electron chi connectivity index (χ2n) is 7.03. The minimum absolute atomic E-state index is 0.233. The molecule has 1 N–H and O–H groups in total. The lowest BCUT2D eigenvalue weighted by Gasteiger charge is -2.32. The number of nitrogens with zero attached hydrogens (tertiary/aromatic N) is 3. The monoisotopic (exact) mass is 354 g/mol. The number of fused-ring (bicyclic) bond motifs is 1. The van der Waals surface area contributed by atoms with E-state index in [1.807, 2.05) is 12.3 Å². The van der Waals surface area contributed by atoms with Crippen molar-refractivity contribution in [1.29, 1.82) is 0 Å². The lowest BCUT2D eigenvalue weighted by molar-refractivity contribution is 0.165. The zero-order chi connectivity index (χ0) is 17.9. The van der Waals surface area contributed by atoms with Gasteiger partial charge in [0.25, 0.3) is 0 Å². The van der Waals surface area contributed by atoms with Crippen LogP contribution in [0.2, 0.25) is 0 Å². The van der Waals surface area contributed by atoms with Crippen molar-refractivity contribution in [2.45, 2.75) is 25.8 Å². The Labute approximate surface area is 152 Å². The molecule has 0 aliphatic carbocycles. The largest absolute Gasteiger partial charge is 0.495 e. The van der Waals surface area contributed by atoms with Crippen LogP contribution < -0.4 is 4.74 Å². The first-order valence-electron chi connectivity index (χ1n) is 9.04. The van der Waals surface area contributed by atoms with Crippen molar-refractivity contribution < 1.29 is 9.13 Å². The highest BCUT2D eigenvalue weighted by molar-refractivity contribution is 5.74. The number of aromatic amines is 1. The van der Waals surface area contributed by atoms with Gasteiger partial charge in [-0.15, -0.1) is 0 Å². The van der Waals surface area contributed by atoms with Gasteiger partial charge in [-0.05, 0) is 55.1 Å². The van der Waals surface area contributed by atoms with Crippen LogP contribution in [0.4, 0.5) is 4.39 Å². The Morgan fingerprint density at radius 1 is 1.31 bits per heavy atom. The van der Waals surface area contributed by atoms with Crippen LogP contribution >= 0.6 is 0 Å². The van der Waals surface area contributed by atoms with Crippen molar-refractivity contribution in [3.8, 4) is 5.75 Å². The van der Waals surface area contributed by atoms with E-state index in [1.54, 1.807) is 19.4 Å². The smallest absolute Gasteiger partial charge is 0.137 e. The highest BCUT2D eigenvalue weighted by Crippen LogP contribution is 2.23. The number of benzene rings is 1. The van der Waals surface area contributed by atoms with Gasteiger partial charge in [-0.25, -0.2) is 9.37 Å². The number of piperidine rings is 1. The minimum atomic E-state index is -0.233. The van der Waals surface area contributed by atoms with Gasteiger partial charge < -0.3 is 9.72 Å². The summed E-state index contributed by atoms with van der Waals surface area (Å²) >= 11 is 0. The van der Waals surface area contributed by atoms with Crippen molar-refractivity contribution in [1.82, 2.24) is 19.9 Å². The second kappa shape index (κ2) is 7.41. The van der Waals surface area contributed by atoms with Gasteiger partial charge in [0.15, 0.2) is 0 Å². The predicted octanol–water partition coefficient (Wildman–Crippen LogP) is 3.56. The van der Waals surface area contributed by atoms with E-state index >= 15 is 0 Å². The summed E-state index contributed by atoms with van der Waals surface area (Å²) in [6.45, 7) is 3.01. The first-order valence-corrected chi connectivity index (χ1v) is 9.04. The number of hydrogen-bond donors (Lipinski definition) is 1. The Morgan fingerprint density at radius 2 is 2.23 bits per heavy atom. The molecule has 1 aliphatic heterocycles. The van der Waals surface area contributed by atoms with Gasteiger partial charge in [0.1, 0.15) is 17.4 Å². The standard InChI is InChI=1S/C20H23FN4O/c1-26-17-7-15(10-22-11-17)13-25-6-2-3-14(12-25)8-20-23-18-5-4-16(21)9-19(18)24-20/h4-5,7,9-11,14H,2-3,6,8,12-13H2,1H3,(H,23,24). The van der Waals surface area contributed by atoms with Gasteiger partial charge in [0.05, 0.1) is 24.3 Å². The molecule has 4 rings (SSSR count). The van der Waals surface area contributed by atoms with Gasteiger partial charge in [0.2, 0.25) is 0 Å². The number of halogens is 1. The molecule has 0 amide bonds. The summed E-state index contributed by atoms with van der Waals surface area (Å²) in [4.78, 5) is 14.6. The highest BCUT2D eigenvalue weighted by Gasteiger charge is 2.21. The van der Waals surface area contributed by atoms with Crippen LogP contribution in [0.5, 0.6) is 5.75 Å². The molecule has 3 aromatic rings. The maximum atomic E-state index is 13.3. The van der Waals surface area contributed by atoms with E-state index in [1.165, 1.54) is 30.5 Å². The molecule has 0 bridgehead atoms. The third kappa shape index (κ3) is 3.85. The van der Waals surface area contributed by atoms with Crippen LogP contribution in [-0.2, 0) is 13.0 Å². The van der Waals surface area contributed by atoms with E-state index in [2.05, 4.69) is 19.9 Å². The van der Waals surface area contributed by atoms with Crippen molar-refractivity contribution >= 4 is 11.0 Å². The molecule has 136 valence electrons. The minimum Gasteiger partial charge on any atom is -0.495 e.